The Balaban J connectivity index is 1.43. The molecule has 2 fully saturated rings. The molecule has 0 radical (unpaired) electrons. The van der Waals surface area contributed by atoms with Crippen molar-refractivity contribution in [3.05, 3.63) is 46.5 Å². The van der Waals surface area contributed by atoms with Crippen LogP contribution in [-0.4, -0.2) is 45.0 Å². The van der Waals surface area contributed by atoms with Crippen molar-refractivity contribution < 1.29 is 0 Å². The Morgan fingerprint density at radius 3 is 2.55 bits per heavy atom. The smallest absolute Gasteiger partial charge is 0.225 e. The van der Waals surface area contributed by atoms with Crippen LogP contribution in [0.4, 0.5) is 5.95 Å². The van der Waals surface area contributed by atoms with Crippen LogP contribution in [0.1, 0.15) is 17.7 Å². The molecule has 0 N–H and O–H groups in total. The lowest BCUT2D eigenvalue weighted by atomic mass is 10.2. The van der Waals surface area contributed by atoms with Crippen LogP contribution in [0.15, 0.2) is 35.2 Å². The van der Waals surface area contributed by atoms with E-state index in [0.29, 0.717) is 12.1 Å². The fraction of sp³-hybridized carbons (Fsp3) is 0.438. The summed E-state index contributed by atoms with van der Waals surface area (Å²) in [4.78, 5) is 18.3. The molecule has 5 nitrogen and oxygen atoms in total. The number of anilines is 1. The maximum Gasteiger partial charge on any atom is 0.225 e. The second-order valence-corrected chi connectivity index (χ2v) is 7.07. The molecule has 2 aliphatic heterocycles. The van der Waals surface area contributed by atoms with Crippen molar-refractivity contribution in [2.45, 2.75) is 32.0 Å². The summed E-state index contributed by atoms with van der Waals surface area (Å²) >= 11 is 3.43. The van der Waals surface area contributed by atoms with Gasteiger partial charge in [-0.2, -0.15) is 0 Å². The quantitative estimate of drug-likeness (QED) is 0.841. The van der Waals surface area contributed by atoms with Crippen molar-refractivity contribution in [3.8, 4) is 0 Å². The summed E-state index contributed by atoms with van der Waals surface area (Å²) in [5.41, 5.74) is 2.24. The Kier molecular flexibility index (Phi) is 3.58. The van der Waals surface area contributed by atoms with Crippen LogP contribution in [0.5, 0.6) is 0 Å². The van der Waals surface area contributed by atoms with Gasteiger partial charge in [-0.05, 0) is 47.0 Å². The molecule has 2 bridgehead atoms. The lowest BCUT2D eigenvalue weighted by molar-refractivity contribution is 0.227. The summed E-state index contributed by atoms with van der Waals surface area (Å²) in [7, 11) is 0. The van der Waals surface area contributed by atoms with Crippen LogP contribution in [0.3, 0.4) is 0 Å². The Morgan fingerprint density at radius 1 is 1.09 bits per heavy atom. The van der Waals surface area contributed by atoms with E-state index in [4.69, 9.17) is 0 Å². The van der Waals surface area contributed by atoms with Crippen LogP contribution in [0, 0.1) is 6.92 Å². The third kappa shape index (κ3) is 2.61. The van der Waals surface area contributed by atoms with Gasteiger partial charge in [-0.3, -0.25) is 9.88 Å². The number of aryl methyl sites for hydroxylation is 1. The maximum atomic E-state index is 4.49. The normalized spacial score (nSPS) is 24.2. The lowest BCUT2D eigenvalue weighted by Crippen LogP contribution is -2.46. The molecule has 0 saturated carbocycles. The average Bonchev–Trinajstić information content (AvgIpc) is 3.10. The van der Waals surface area contributed by atoms with Crippen LogP contribution in [0.25, 0.3) is 0 Å². The highest BCUT2D eigenvalue weighted by Gasteiger charge is 2.44. The van der Waals surface area contributed by atoms with Gasteiger partial charge in [0, 0.05) is 54.8 Å². The highest BCUT2D eigenvalue weighted by atomic mass is 79.9. The summed E-state index contributed by atoms with van der Waals surface area (Å²) in [5, 5.41) is 0. The number of halogens is 1. The molecular formula is C16H18BrN5. The molecular weight excluding hydrogens is 342 g/mol. The number of nitrogens with zero attached hydrogens (tertiary/aromatic N) is 5. The number of piperazine rings is 1. The molecule has 0 spiro atoms. The number of hydrogen-bond donors (Lipinski definition) is 0. The molecule has 2 unspecified atom stereocenters. The first-order valence-electron chi connectivity index (χ1n) is 7.59. The summed E-state index contributed by atoms with van der Waals surface area (Å²) in [6, 6.07) is 5.27. The van der Waals surface area contributed by atoms with Crippen LogP contribution in [0.2, 0.25) is 0 Å². The highest BCUT2D eigenvalue weighted by molar-refractivity contribution is 9.10. The van der Waals surface area contributed by atoms with Crippen molar-refractivity contribution >= 4 is 21.9 Å². The fourth-order valence-electron chi connectivity index (χ4n) is 3.43. The molecule has 4 heterocycles. The van der Waals surface area contributed by atoms with E-state index in [1.165, 1.54) is 6.42 Å². The molecule has 114 valence electrons. The minimum absolute atomic E-state index is 0.531. The van der Waals surface area contributed by atoms with E-state index >= 15 is 0 Å². The number of fused-ring (bicyclic) bond motifs is 2. The van der Waals surface area contributed by atoms with Gasteiger partial charge < -0.3 is 4.90 Å². The van der Waals surface area contributed by atoms with Crippen LogP contribution >= 0.6 is 15.9 Å². The van der Waals surface area contributed by atoms with Gasteiger partial charge in [-0.25, -0.2) is 9.97 Å². The van der Waals surface area contributed by atoms with Gasteiger partial charge in [0.05, 0.1) is 5.69 Å². The molecule has 2 aliphatic rings. The monoisotopic (exact) mass is 359 g/mol. The first kappa shape index (κ1) is 14.1. The first-order valence-corrected chi connectivity index (χ1v) is 8.38. The second-order valence-electron chi connectivity index (χ2n) is 6.15. The molecule has 2 aromatic rings. The van der Waals surface area contributed by atoms with Crippen molar-refractivity contribution in [2.75, 3.05) is 18.0 Å². The van der Waals surface area contributed by atoms with E-state index in [0.717, 1.165) is 41.3 Å². The van der Waals surface area contributed by atoms with Crippen molar-refractivity contribution in [2.24, 2.45) is 0 Å². The van der Waals surface area contributed by atoms with E-state index in [1.54, 1.807) is 0 Å². The molecule has 0 aliphatic carbocycles. The third-order valence-electron chi connectivity index (χ3n) is 4.53. The average molecular weight is 360 g/mol. The SMILES string of the molecule is Cc1cnc(N2CC3CC2CN3Cc2ccc(Br)cn2)nc1. The molecule has 2 atom stereocenters. The fourth-order valence-corrected chi connectivity index (χ4v) is 3.66. The molecule has 22 heavy (non-hydrogen) atoms. The number of hydrogen-bond acceptors (Lipinski definition) is 5. The Labute approximate surface area is 138 Å². The standard InChI is InChI=1S/C16H18BrN5/c1-11-5-19-16(20-6-11)22-10-14-4-15(22)9-21(14)8-13-3-2-12(17)7-18-13/h2-3,5-7,14-15H,4,8-10H2,1H3. The third-order valence-corrected chi connectivity index (χ3v) is 5.00. The second kappa shape index (κ2) is 5.59. The van der Waals surface area contributed by atoms with Gasteiger partial charge in [0.15, 0.2) is 0 Å². The number of rotatable bonds is 3. The molecule has 2 saturated heterocycles. The zero-order chi connectivity index (χ0) is 15.1. The molecule has 6 heteroatoms. The Bertz CT molecular complexity index is 657. The minimum Gasteiger partial charge on any atom is -0.335 e. The predicted molar refractivity (Wildman–Crippen MR) is 88.7 cm³/mol. The lowest BCUT2D eigenvalue weighted by Gasteiger charge is -2.34. The van der Waals surface area contributed by atoms with Gasteiger partial charge in [0.1, 0.15) is 0 Å². The van der Waals surface area contributed by atoms with Crippen LogP contribution in [-0.2, 0) is 6.54 Å². The summed E-state index contributed by atoms with van der Waals surface area (Å²) in [5.74, 6) is 0.875. The summed E-state index contributed by atoms with van der Waals surface area (Å²) in [6.45, 7) is 5.04. The molecule has 0 amide bonds. The van der Waals surface area contributed by atoms with Gasteiger partial charge >= 0.3 is 0 Å². The van der Waals surface area contributed by atoms with Gasteiger partial charge in [0.25, 0.3) is 0 Å². The number of likely N-dealkylation sites (tertiary alicyclic amines) is 1. The summed E-state index contributed by atoms with van der Waals surface area (Å²) < 4.78 is 1.03. The van der Waals surface area contributed by atoms with Crippen molar-refractivity contribution in [3.63, 3.8) is 0 Å². The van der Waals surface area contributed by atoms with E-state index < -0.39 is 0 Å². The van der Waals surface area contributed by atoms with Gasteiger partial charge in [0.2, 0.25) is 5.95 Å². The first-order chi connectivity index (χ1) is 10.7. The van der Waals surface area contributed by atoms with Crippen molar-refractivity contribution in [1.29, 1.82) is 0 Å². The van der Waals surface area contributed by atoms with E-state index in [1.807, 2.05) is 25.5 Å². The zero-order valence-corrected chi connectivity index (χ0v) is 14.1. The van der Waals surface area contributed by atoms with Crippen LogP contribution < -0.4 is 4.90 Å². The van der Waals surface area contributed by atoms with E-state index in [9.17, 15) is 0 Å². The molecule has 4 rings (SSSR count). The van der Waals surface area contributed by atoms with Gasteiger partial charge in [-0.1, -0.05) is 0 Å². The van der Waals surface area contributed by atoms with Gasteiger partial charge in [-0.15, -0.1) is 0 Å². The zero-order valence-electron chi connectivity index (χ0n) is 12.5. The summed E-state index contributed by atoms with van der Waals surface area (Å²) in [6.07, 6.45) is 6.87. The Hall–Kier alpha value is -1.53. The number of aromatic nitrogens is 3. The topological polar surface area (TPSA) is 45.2 Å². The minimum atomic E-state index is 0.531. The maximum absolute atomic E-state index is 4.49. The largest absolute Gasteiger partial charge is 0.335 e. The van der Waals surface area contributed by atoms with Crippen molar-refractivity contribution in [1.82, 2.24) is 19.9 Å². The Morgan fingerprint density at radius 2 is 1.91 bits per heavy atom. The molecule has 0 aromatic carbocycles. The van der Waals surface area contributed by atoms with E-state index in [2.05, 4.69) is 52.8 Å². The number of pyridine rings is 1. The highest BCUT2D eigenvalue weighted by Crippen LogP contribution is 2.33. The predicted octanol–water partition coefficient (Wildman–Crippen LogP) is 2.41. The molecule has 2 aromatic heterocycles. The van der Waals surface area contributed by atoms with E-state index in [-0.39, 0.29) is 0 Å².